The fourth-order valence-electron chi connectivity index (χ4n) is 4.52. The van der Waals surface area contributed by atoms with Crippen molar-refractivity contribution < 1.29 is 14.3 Å². The Balaban J connectivity index is 1.80. The number of amides is 1. The number of rotatable bonds is 5. The van der Waals surface area contributed by atoms with E-state index in [1.807, 2.05) is 31.2 Å². The molecule has 1 fully saturated rings. The molecule has 0 bridgehead atoms. The molecule has 5 nitrogen and oxygen atoms in total. The molecule has 0 spiro atoms. The van der Waals surface area contributed by atoms with E-state index in [-0.39, 0.29) is 5.91 Å². The third-order valence-electron chi connectivity index (χ3n) is 5.79. The molecule has 0 radical (unpaired) electrons. The lowest BCUT2D eigenvalue weighted by Crippen LogP contribution is -2.29. The van der Waals surface area contributed by atoms with Crippen molar-refractivity contribution in [3.8, 4) is 11.5 Å². The van der Waals surface area contributed by atoms with Crippen molar-refractivity contribution in [3.05, 3.63) is 53.1 Å². The second-order valence-electron chi connectivity index (χ2n) is 7.72. The van der Waals surface area contributed by atoms with Crippen LogP contribution < -0.4 is 14.8 Å². The maximum atomic E-state index is 11.3. The van der Waals surface area contributed by atoms with Gasteiger partial charge >= 0.3 is 0 Å². The van der Waals surface area contributed by atoms with Gasteiger partial charge in [0.1, 0.15) is 0 Å². The molecule has 0 saturated heterocycles. The van der Waals surface area contributed by atoms with E-state index in [0.717, 1.165) is 46.9 Å². The predicted molar refractivity (Wildman–Crippen MR) is 116 cm³/mol. The van der Waals surface area contributed by atoms with Crippen molar-refractivity contribution in [3.63, 3.8) is 0 Å². The Bertz CT molecular complexity index is 934. The summed E-state index contributed by atoms with van der Waals surface area (Å²) in [6, 6.07) is 12.5. The number of carbonyl (C=O) groups is 1. The van der Waals surface area contributed by atoms with Crippen molar-refractivity contribution in [1.82, 2.24) is 0 Å². The van der Waals surface area contributed by atoms with Crippen LogP contribution in [0.5, 0.6) is 11.5 Å². The first kappa shape index (κ1) is 19.5. The van der Waals surface area contributed by atoms with Crippen LogP contribution in [0.15, 0.2) is 41.4 Å². The molecular formula is C24H28N2O3. The minimum atomic E-state index is -0.0728. The third kappa shape index (κ3) is 3.86. The summed E-state index contributed by atoms with van der Waals surface area (Å²) in [5.74, 6) is 1.91. The molecule has 1 aliphatic heterocycles. The second kappa shape index (κ2) is 8.27. The lowest BCUT2D eigenvalue weighted by Gasteiger charge is -2.36. The van der Waals surface area contributed by atoms with Crippen LogP contribution in [0.4, 0.5) is 5.69 Å². The monoisotopic (exact) mass is 392 g/mol. The molecule has 29 heavy (non-hydrogen) atoms. The van der Waals surface area contributed by atoms with Crippen LogP contribution in [0, 0.1) is 0 Å². The molecular weight excluding hydrogens is 364 g/mol. The summed E-state index contributed by atoms with van der Waals surface area (Å²) < 4.78 is 11.5. The number of aliphatic imine (C=N–C) groups is 1. The van der Waals surface area contributed by atoms with Crippen LogP contribution in [0.3, 0.4) is 0 Å². The smallest absolute Gasteiger partial charge is 0.221 e. The van der Waals surface area contributed by atoms with E-state index in [9.17, 15) is 4.79 Å². The molecule has 0 unspecified atom stereocenters. The van der Waals surface area contributed by atoms with Crippen LogP contribution >= 0.6 is 0 Å². The zero-order valence-electron chi connectivity index (χ0n) is 17.3. The average molecular weight is 392 g/mol. The summed E-state index contributed by atoms with van der Waals surface area (Å²) in [7, 11) is 1.68. The summed E-state index contributed by atoms with van der Waals surface area (Å²) in [6.45, 7) is 4.11. The van der Waals surface area contributed by atoms with Gasteiger partial charge in [-0.15, -0.1) is 0 Å². The molecule has 0 aromatic heterocycles. The quantitative estimate of drug-likeness (QED) is 0.785. The van der Waals surface area contributed by atoms with Crippen LogP contribution in [0.25, 0.3) is 0 Å². The Kier molecular flexibility index (Phi) is 5.56. The fourth-order valence-corrected chi connectivity index (χ4v) is 4.52. The molecule has 2 aromatic carbocycles. The highest BCUT2D eigenvalue weighted by atomic mass is 16.5. The average Bonchev–Trinajstić information content (AvgIpc) is 2.73. The number of hydrogen-bond donors (Lipinski definition) is 1. The highest BCUT2D eigenvalue weighted by Gasteiger charge is 2.34. The maximum Gasteiger partial charge on any atom is 0.221 e. The molecule has 152 valence electrons. The van der Waals surface area contributed by atoms with E-state index in [1.165, 1.54) is 25.3 Å². The third-order valence-corrected chi connectivity index (χ3v) is 5.79. The van der Waals surface area contributed by atoms with E-state index in [4.69, 9.17) is 14.5 Å². The van der Waals surface area contributed by atoms with E-state index in [1.54, 1.807) is 7.11 Å². The number of methoxy groups -OCH3 is 1. The summed E-state index contributed by atoms with van der Waals surface area (Å²) in [4.78, 5) is 16.5. The number of anilines is 1. The Morgan fingerprint density at radius 2 is 1.90 bits per heavy atom. The molecule has 1 amide bonds. The minimum Gasteiger partial charge on any atom is -0.493 e. The van der Waals surface area contributed by atoms with Gasteiger partial charge in [0.25, 0.3) is 0 Å². The highest BCUT2D eigenvalue weighted by Crippen LogP contribution is 2.44. The maximum absolute atomic E-state index is 11.3. The SMILES string of the molecule is CCOc1cc2c(cc1OC)C(c1ccc(NC(C)=O)cc1)=N[C@@H]1CCCC[C@H]21. The van der Waals surface area contributed by atoms with Crippen molar-refractivity contribution in [2.75, 3.05) is 19.0 Å². The van der Waals surface area contributed by atoms with Gasteiger partial charge in [0.05, 0.1) is 25.5 Å². The van der Waals surface area contributed by atoms with E-state index < -0.39 is 0 Å². The van der Waals surface area contributed by atoms with Gasteiger partial charge in [-0.05, 0) is 49.6 Å². The first-order valence-corrected chi connectivity index (χ1v) is 10.4. The fraction of sp³-hybridized carbons (Fsp3) is 0.417. The number of fused-ring (bicyclic) bond motifs is 3. The van der Waals surface area contributed by atoms with Gasteiger partial charge in [-0.25, -0.2) is 0 Å². The molecule has 1 saturated carbocycles. The first-order chi connectivity index (χ1) is 14.1. The van der Waals surface area contributed by atoms with Gasteiger partial charge in [0, 0.05) is 29.7 Å². The predicted octanol–water partition coefficient (Wildman–Crippen LogP) is 4.93. The lowest BCUT2D eigenvalue weighted by molar-refractivity contribution is -0.114. The summed E-state index contributed by atoms with van der Waals surface area (Å²) in [6.07, 6.45) is 4.75. The number of carbonyl (C=O) groups excluding carboxylic acids is 1. The van der Waals surface area contributed by atoms with Crippen molar-refractivity contribution >= 4 is 17.3 Å². The number of nitrogens with one attached hydrogen (secondary N) is 1. The molecule has 4 rings (SSSR count). The molecule has 5 heteroatoms. The lowest BCUT2D eigenvalue weighted by atomic mass is 9.75. The zero-order chi connectivity index (χ0) is 20.4. The minimum absolute atomic E-state index is 0.0728. The normalized spacial score (nSPS) is 20.2. The van der Waals surface area contributed by atoms with Gasteiger partial charge in [0.15, 0.2) is 11.5 Å². The summed E-state index contributed by atoms with van der Waals surface area (Å²) in [5, 5.41) is 2.82. The summed E-state index contributed by atoms with van der Waals surface area (Å²) in [5.41, 5.74) is 5.28. The van der Waals surface area contributed by atoms with Crippen LogP contribution in [0.2, 0.25) is 0 Å². The van der Waals surface area contributed by atoms with Crippen LogP contribution in [-0.2, 0) is 4.79 Å². The molecule has 2 atom stereocenters. The second-order valence-corrected chi connectivity index (χ2v) is 7.72. The van der Waals surface area contributed by atoms with Crippen LogP contribution in [-0.4, -0.2) is 31.4 Å². The van der Waals surface area contributed by atoms with Crippen molar-refractivity contribution in [1.29, 1.82) is 0 Å². The molecule has 1 heterocycles. The zero-order valence-corrected chi connectivity index (χ0v) is 17.3. The number of ether oxygens (including phenoxy) is 2. The Hall–Kier alpha value is -2.82. The van der Waals surface area contributed by atoms with Crippen molar-refractivity contribution in [2.24, 2.45) is 4.99 Å². The van der Waals surface area contributed by atoms with Crippen LogP contribution in [0.1, 0.15) is 62.1 Å². The van der Waals surface area contributed by atoms with Gasteiger partial charge in [0.2, 0.25) is 5.91 Å². The number of benzene rings is 2. The van der Waals surface area contributed by atoms with E-state index >= 15 is 0 Å². The Morgan fingerprint density at radius 1 is 1.14 bits per heavy atom. The molecule has 1 aliphatic carbocycles. The Morgan fingerprint density at radius 3 is 2.59 bits per heavy atom. The number of nitrogens with zero attached hydrogens (tertiary/aromatic N) is 1. The summed E-state index contributed by atoms with van der Waals surface area (Å²) >= 11 is 0. The first-order valence-electron chi connectivity index (χ1n) is 10.4. The topological polar surface area (TPSA) is 59.9 Å². The highest BCUT2D eigenvalue weighted by molar-refractivity contribution is 6.15. The standard InChI is InChI=1S/C24H28N2O3/c1-4-29-23-13-19-18-7-5-6-8-21(18)26-24(20(19)14-22(23)28-3)16-9-11-17(12-10-16)25-15(2)27/h9-14,18,21H,4-8H2,1-3H3,(H,25,27)/t18-,21-/m1/s1. The molecule has 2 aromatic rings. The van der Waals surface area contributed by atoms with Gasteiger partial charge in [-0.2, -0.15) is 0 Å². The number of hydrogen-bond acceptors (Lipinski definition) is 4. The Labute approximate surface area is 172 Å². The van der Waals surface area contributed by atoms with Crippen molar-refractivity contribution in [2.45, 2.75) is 51.5 Å². The van der Waals surface area contributed by atoms with Gasteiger partial charge in [-0.1, -0.05) is 25.0 Å². The molecule has 1 N–H and O–H groups in total. The van der Waals surface area contributed by atoms with Gasteiger partial charge in [-0.3, -0.25) is 9.79 Å². The van der Waals surface area contributed by atoms with E-state index in [2.05, 4.69) is 17.4 Å². The van der Waals surface area contributed by atoms with E-state index in [0.29, 0.717) is 18.6 Å². The largest absolute Gasteiger partial charge is 0.493 e. The molecule has 2 aliphatic rings. The van der Waals surface area contributed by atoms with Gasteiger partial charge < -0.3 is 14.8 Å².